The van der Waals surface area contributed by atoms with Crippen molar-refractivity contribution in [2.24, 2.45) is 0 Å². The van der Waals surface area contributed by atoms with Crippen molar-refractivity contribution in [1.82, 2.24) is 10.2 Å². The quantitative estimate of drug-likeness (QED) is 0.629. The van der Waals surface area contributed by atoms with Gasteiger partial charge in [0.15, 0.2) is 0 Å². The molecule has 0 unspecified atom stereocenters. The van der Waals surface area contributed by atoms with Gasteiger partial charge in [-0.2, -0.15) is 5.10 Å². The third-order valence-corrected chi connectivity index (χ3v) is 3.97. The van der Waals surface area contributed by atoms with Crippen molar-refractivity contribution in [3.05, 3.63) is 58.7 Å². The highest BCUT2D eigenvalue weighted by Gasteiger charge is 2.08. The van der Waals surface area contributed by atoms with Crippen LogP contribution in [0.5, 0.6) is 11.6 Å². The van der Waals surface area contributed by atoms with Crippen LogP contribution in [-0.4, -0.2) is 10.2 Å². The molecule has 2 aromatic carbocycles. The average Bonchev–Trinajstić information content (AvgIpc) is 2.51. The van der Waals surface area contributed by atoms with Crippen LogP contribution in [0.4, 0.5) is 0 Å². The normalized spacial score (nSPS) is 10.7. The second kappa shape index (κ2) is 5.77. The van der Waals surface area contributed by atoms with E-state index in [1.54, 1.807) is 12.1 Å². The minimum Gasteiger partial charge on any atom is -0.436 e. The lowest BCUT2D eigenvalue weighted by Crippen LogP contribution is -1.94. The van der Waals surface area contributed by atoms with Crippen LogP contribution in [-0.2, 0) is 5.88 Å². The van der Waals surface area contributed by atoms with E-state index >= 15 is 0 Å². The maximum Gasteiger partial charge on any atom is 0.238 e. The first-order valence-electron chi connectivity index (χ1n) is 6.01. The maximum absolute atomic E-state index is 5.75. The number of rotatable bonds is 3. The summed E-state index contributed by atoms with van der Waals surface area (Å²) < 4.78 is 6.65. The zero-order valence-electron chi connectivity index (χ0n) is 10.4. The molecule has 1 heterocycles. The number of hydrogen-bond acceptors (Lipinski definition) is 3. The first-order chi connectivity index (χ1) is 9.78. The zero-order valence-corrected chi connectivity index (χ0v) is 12.7. The van der Waals surface area contributed by atoms with E-state index in [0.717, 1.165) is 20.9 Å². The Morgan fingerprint density at radius 1 is 1.00 bits per heavy atom. The summed E-state index contributed by atoms with van der Waals surface area (Å²) in [6.07, 6.45) is 0. The van der Waals surface area contributed by atoms with Gasteiger partial charge < -0.3 is 4.74 Å². The number of alkyl halides is 1. The molecule has 0 spiro atoms. The van der Waals surface area contributed by atoms with E-state index in [1.165, 1.54) is 0 Å². The van der Waals surface area contributed by atoms with Crippen molar-refractivity contribution < 1.29 is 4.74 Å². The van der Waals surface area contributed by atoms with Crippen molar-refractivity contribution in [2.45, 2.75) is 5.88 Å². The molecular weight excluding hydrogens is 340 g/mol. The molecule has 0 saturated carbocycles. The molecule has 0 aliphatic rings. The second-order valence-electron chi connectivity index (χ2n) is 4.20. The first-order valence-corrected chi connectivity index (χ1v) is 7.34. The van der Waals surface area contributed by atoms with Gasteiger partial charge in [-0.15, -0.1) is 16.7 Å². The Labute approximate surface area is 129 Å². The van der Waals surface area contributed by atoms with Crippen LogP contribution in [0.15, 0.2) is 53.0 Å². The predicted molar refractivity (Wildman–Crippen MR) is 83.3 cm³/mol. The van der Waals surface area contributed by atoms with Crippen molar-refractivity contribution in [3.8, 4) is 11.6 Å². The SMILES string of the molecule is ClCc1ccc(Oc2ccc3ccccc3c2Br)nn1. The second-order valence-corrected chi connectivity index (χ2v) is 5.26. The van der Waals surface area contributed by atoms with Crippen molar-refractivity contribution >= 4 is 38.3 Å². The zero-order chi connectivity index (χ0) is 13.9. The fourth-order valence-electron chi connectivity index (χ4n) is 1.88. The fourth-order valence-corrected chi connectivity index (χ4v) is 2.60. The van der Waals surface area contributed by atoms with Crippen molar-refractivity contribution in [3.63, 3.8) is 0 Å². The van der Waals surface area contributed by atoms with Crippen LogP contribution in [0.3, 0.4) is 0 Å². The molecule has 0 N–H and O–H groups in total. The third-order valence-electron chi connectivity index (χ3n) is 2.87. The van der Waals surface area contributed by atoms with Crippen LogP contribution >= 0.6 is 27.5 Å². The largest absolute Gasteiger partial charge is 0.436 e. The summed E-state index contributed by atoms with van der Waals surface area (Å²) in [6.45, 7) is 0. The number of hydrogen-bond donors (Lipinski definition) is 0. The summed E-state index contributed by atoms with van der Waals surface area (Å²) in [7, 11) is 0. The van der Waals surface area contributed by atoms with E-state index in [1.807, 2.05) is 30.3 Å². The lowest BCUT2D eigenvalue weighted by Gasteiger charge is -2.09. The number of fused-ring (bicyclic) bond motifs is 1. The summed E-state index contributed by atoms with van der Waals surface area (Å²) in [5.41, 5.74) is 0.719. The van der Waals surface area contributed by atoms with E-state index in [0.29, 0.717) is 17.5 Å². The fraction of sp³-hybridized carbons (Fsp3) is 0.0667. The van der Waals surface area contributed by atoms with Crippen LogP contribution in [0.1, 0.15) is 5.69 Å². The predicted octanol–water partition coefficient (Wildman–Crippen LogP) is 4.92. The molecule has 0 aliphatic carbocycles. The standard InChI is InChI=1S/C15H10BrClN2O/c16-15-12-4-2-1-3-10(12)5-7-13(15)20-14-8-6-11(9-17)18-19-14/h1-8H,9H2. The molecular formula is C15H10BrClN2O. The Morgan fingerprint density at radius 3 is 2.60 bits per heavy atom. The number of aromatic nitrogens is 2. The molecule has 0 atom stereocenters. The van der Waals surface area contributed by atoms with E-state index in [4.69, 9.17) is 16.3 Å². The van der Waals surface area contributed by atoms with Gasteiger partial charge in [-0.05, 0) is 38.8 Å². The first kappa shape index (κ1) is 13.3. The highest BCUT2D eigenvalue weighted by atomic mass is 79.9. The van der Waals surface area contributed by atoms with Gasteiger partial charge in [0.05, 0.1) is 16.0 Å². The molecule has 3 rings (SSSR count). The average molecular weight is 350 g/mol. The van der Waals surface area contributed by atoms with Gasteiger partial charge in [-0.25, -0.2) is 0 Å². The molecule has 100 valence electrons. The molecule has 0 saturated heterocycles. The number of nitrogens with zero attached hydrogens (tertiary/aromatic N) is 2. The minimum atomic E-state index is 0.340. The smallest absolute Gasteiger partial charge is 0.238 e. The van der Waals surface area contributed by atoms with E-state index < -0.39 is 0 Å². The molecule has 1 aromatic heterocycles. The molecule has 3 nitrogen and oxygen atoms in total. The van der Waals surface area contributed by atoms with Gasteiger partial charge >= 0.3 is 0 Å². The molecule has 0 radical (unpaired) electrons. The summed E-state index contributed by atoms with van der Waals surface area (Å²) in [5, 5.41) is 10.2. The molecule has 0 aliphatic heterocycles. The van der Waals surface area contributed by atoms with E-state index in [-0.39, 0.29) is 0 Å². The van der Waals surface area contributed by atoms with Gasteiger partial charge in [-0.3, -0.25) is 0 Å². The lowest BCUT2D eigenvalue weighted by atomic mass is 10.1. The summed E-state index contributed by atoms with van der Waals surface area (Å²) in [4.78, 5) is 0. The van der Waals surface area contributed by atoms with Gasteiger partial charge in [0.2, 0.25) is 5.88 Å². The molecule has 0 fully saturated rings. The van der Waals surface area contributed by atoms with E-state index in [9.17, 15) is 0 Å². The Morgan fingerprint density at radius 2 is 1.85 bits per heavy atom. The van der Waals surface area contributed by atoms with Gasteiger partial charge in [0, 0.05) is 6.07 Å². The number of halogens is 2. The highest BCUT2D eigenvalue weighted by molar-refractivity contribution is 9.10. The molecule has 20 heavy (non-hydrogen) atoms. The topological polar surface area (TPSA) is 35.0 Å². The number of ether oxygens (including phenoxy) is 1. The summed E-state index contributed by atoms with van der Waals surface area (Å²) in [6, 6.07) is 15.6. The summed E-state index contributed by atoms with van der Waals surface area (Å²) >= 11 is 9.25. The van der Waals surface area contributed by atoms with Crippen LogP contribution in [0, 0.1) is 0 Å². The number of benzene rings is 2. The molecule has 0 amide bonds. The molecule has 0 bridgehead atoms. The monoisotopic (exact) mass is 348 g/mol. The Kier molecular flexibility index (Phi) is 3.85. The Bertz CT molecular complexity index is 746. The Hall–Kier alpha value is -1.65. The van der Waals surface area contributed by atoms with Crippen molar-refractivity contribution in [1.29, 1.82) is 0 Å². The lowest BCUT2D eigenvalue weighted by molar-refractivity contribution is 0.452. The van der Waals surface area contributed by atoms with E-state index in [2.05, 4.69) is 32.2 Å². The Balaban J connectivity index is 1.95. The highest BCUT2D eigenvalue weighted by Crippen LogP contribution is 2.35. The van der Waals surface area contributed by atoms with Gasteiger partial charge in [0.25, 0.3) is 0 Å². The van der Waals surface area contributed by atoms with Crippen LogP contribution in [0.25, 0.3) is 10.8 Å². The maximum atomic E-state index is 5.75. The third kappa shape index (κ3) is 2.62. The molecule has 3 aromatic rings. The van der Waals surface area contributed by atoms with Gasteiger partial charge in [0.1, 0.15) is 5.75 Å². The minimum absolute atomic E-state index is 0.340. The van der Waals surface area contributed by atoms with Crippen molar-refractivity contribution in [2.75, 3.05) is 0 Å². The van der Waals surface area contributed by atoms with Crippen LogP contribution in [0.2, 0.25) is 0 Å². The van der Waals surface area contributed by atoms with Gasteiger partial charge in [-0.1, -0.05) is 30.3 Å². The van der Waals surface area contributed by atoms with Crippen LogP contribution < -0.4 is 4.74 Å². The molecule has 5 heteroatoms. The summed E-state index contributed by atoms with van der Waals surface area (Å²) in [5.74, 6) is 1.49.